The van der Waals surface area contributed by atoms with Gasteiger partial charge in [-0.15, -0.1) is 0 Å². The molecule has 0 spiro atoms. The summed E-state index contributed by atoms with van der Waals surface area (Å²) in [5.41, 5.74) is 3.27. The molecule has 0 saturated heterocycles. The number of H-pyrrole nitrogens is 2. The minimum absolute atomic E-state index is 0.205. The third-order valence-corrected chi connectivity index (χ3v) is 6.07. The maximum absolute atomic E-state index is 12.9. The van der Waals surface area contributed by atoms with Gasteiger partial charge in [-0.1, -0.05) is 30.0 Å². The number of anilines is 1. The summed E-state index contributed by atoms with van der Waals surface area (Å²) in [5, 5.41) is 20.3. The summed E-state index contributed by atoms with van der Waals surface area (Å²) in [6.07, 6.45) is 6.97. The molecule has 5 rings (SSSR count). The van der Waals surface area contributed by atoms with Crippen LogP contribution in [-0.2, 0) is 0 Å². The van der Waals surface area contributed by atoms with Gasteiger partial charge in [0.15, 0.2) is 11.5 Å². The Hall–Kier alpha value is -4.68. The van der Waals surface area contributed by atoms with Crippen LogP contribution in [0.3, 0.4) is 0 Å². The highest BCUT2D eigenvalue weighted by molar-refractivity contribution is 7.99. The number of nitrogens with one attached hydrogen (secondary N) is 3. The summed E-state index contributed by atoms with van der Waals surface area (Å²) in [4.78, 5) is 25.6. The number of aromatic nitrogens is 5. The number of rotatable bonds is 6. The van der Waals surface area contributed by atoms with E-state index in [1.807, 2.05) is 66.8 Å². The number of aromatic amines is 2. The fraction of sp³-hybridized carbons (Fsp3) is 0. The normalized spacial score (nSPS) is 11.0. The van der Waals surface area contributed by atoms with Crippen LogP contribution >= 0.6 is 11.8 Å². The van der Waals surface area contributed by atoms with Crippen LogP contribution in [0.1, 0.15) is 27.4 Å². The van der Waals surface area contributed by atoms with Gasteiger partial charge >= 0.3 is 0 Å². The Labute approximate surface area is 198 Å². The van der Waals surface area contributed by atoms with E-state index in [0.29, 0.717) is 5.56 Å². The molecule has 9 heteroatoms. The molecule has 164 valence electrons. The molecule has 0 aliphatic heterocycles. The van der Waals surface area contributed by atoms with Crippen molar-refractivity contribution in [2.24, 2.45) is 0 Å². The van der Waals surface area contributed by atoms with Gasteiger partial charge in [0.2, 0.25) is 0 Å². The summed E-state index contributed by atoms with van der Waals surface area (Å²) in [6.45, 7) is 0. The van der Waals surface area contributed by atoms with Crippen LogP contribution in [-0.4, -0.2) is 31.1 Å². The van der Waals surface area contributed by atoms with E-state index in [-0.39, 0.29) is 17.4 Å². The molecule has 1 amide bonds. The zero-order valence-electron chi connectivity index (χ0n) is 17.7. The average Bonchev–Trinajstić information content (AvgIpc) is 3.49. The molecule has 3 N–H and O–H groups in total. The lowest BCUT2D eigenvalue weighted by Gasteiger charge is -2.09. The molecule has 8 nitrogen and oxygen atoms in total. The lowest BCUT2D eigenvalue weighted by atomic mass is 10.2. The molecule has 34 heavy (non-hydrogen) atoms. The molecule has 3 aromatic heterocycles. The van der Waals surface area contributed by atoms with Crippen molar-refractivity contribution < 1.29 is 4.79 Å². The predicted octanol–water partition coefficient (Wildman–Crippen LogP) is 5.13. The lowest BCUT2D eigenvalue weighted by molar-refractivity contribution is 0.102. The van der Waals surface area contributed by atoms with Crippen molar-refractivity contribution in [1.82, 2.24) is 25.1 Å². The Morgan fingerprint density at radius 3 is 2.79 bits per heavy atom. The minimum Gasteiger partial charge on any atom is -0.335 e. The quantitative estimate of drug-likeness (QED) is 0.321. The Kier molecular flexibility index (Phi) is 5.88. The van der Waals surface area contributed by atoms with Crippen molar-refractivity contribution in [2.45, 2.75) is 9.79 Å². The maximum atomic E-state index is 12.9. The van der Waals surface area contributed by atoms with Crippen LogP contribution < -0.4 is 5.32 Å². The van der Waals surface area contributed by atoms with Crippen LogP contribution in [0.2, 0.25) is 0 Å². The van der Waals surface area contributed by atoms with E-state index in [1.165, 1.54) is 18.1 Å². The van der Waals surface area contributed by atoms with Gasteiger partial charge in [-0.25, -0.2) is 4.98 Å². The molecule has 0 saturated carbocycles. The first-order valence-electron chi connectivity index (χ1n) is 10.3. The highest BCUT2D eigenvalue weighted by Crippen LogP contribution is 2.33. The monoisotopic (exact) mass is 463 g/mol. The average molecular weight is 464 g/mol. The largest absolute Gasteiger partial charge is 0.335 e. The van der Waals surface area contributed by atoms with Crippen molar-refractivity contribution in [3.8, 4) is 6.07 Å². The van der Waals surface area contributed by atoms with E-state index >= 15 is 0 Å². The number of nitriles is 1. The first kappa shape index (κ1) is 21.2. The fourth-order valence-electron chi connectivity index (χ4n) is 3.37. The van der Waals surface area contributed by atoms with Gasteiger partial charge in [0.1, 0.15) is 6.07 Å². The third-order valence-electron chi connectivity index (χ3n) is 5.01. The van der Waals surface area contributed by atoms with E-state index in [9.17, 15) is 4.79 Å². The number of imidazole rings is 1. The second-order valence-corrected chi connectivity index (χ2v) is 8.31. The van der Waals surface area contributed by atoms with Crippen molar-refractivity contribution in [1.29, 1.82) is 5.26 Å². The Balaban J connectivity index is 1.37. The van der Waals surface area contributed by atoms with E-state index in [1.54, 1.807) is 18.3 Å². The van der Waals surface area contributed by atoms with Crippen LogP contribution in [0.4, 0.5) is 5.82 Å². The molecular formula is C25H17N7OS. The van der Waals surface area contributed by atoms with Gasteiger partial charge < -0.3 is 10.3 Å². The summed E-state index contributed by atoms with van der Waals surface area (Å²) < 4.78 is 0. The number of nitrogens with zero attached hydrogens (tertiary/aromatic N) is 4. The van der Waals surface area contributed by atoms with Crippen LogP contribution in [0.15, 0.2) is 83.0 Å². The number of pyridine rings is 1. The third kappa shape index (κ3) is 4.44. The molecule has 2 aromatic carbocycles. The Morgan fingerprint density at radius 2 is 1.94 bits per heavy atom. The highest BCUT2D eigenvalue weighted by atomic mass is 32.2. The predicted molar refractivity (Wildman–Crippen MR) is 131 cm³/mol. The number of amides is 1. The molecule has 0 radical (unpaired) electrons. The molecular weight excluding hydrogens is 446 g/mol. The number of carbonyl (C=O) groups excluding carboxylic acids is 1. The van der Waals surface area contributed by atoms with Gasteiger partial charge in [-0.2, -0.15) is 10.4 Å². The maximum Gasteiger partial charge on any atom is 0.258 e. The van der Waals surface area contributed by atoms with Crippen molar-refractivity contribution in [2.75, 3.05) is 5.32 Å². The number of carbonyl (C=O) groups is 1. The number of fused-ring (bicyclic) bond motifs is 1. The summed E-state index contributed by atoms with van der Waals surface area (Å²) in [6, 6.07) is 21.0. The first-order chi connectivity index (χ1) is 16.7. The molecule has 0 unspecified atom stereocenters. The van der Waals surface area contributed by atoms with E-state index in [0.717, 1.165) is 32.1 Å². The van der Waals surface area contributed by atoms with Gasteiger partial charge in [0.25, 0.3) is 5.91 Å². The molecule has 0 aliphatic rings. The van der Waals surface area contributed by atoms with Gasteiger partial charge in [0.05, 0.1) is 28.8 Å². The highest BCUT2D eigenvalue weighted by Gasteiger charge is 2.16. The molecule has 0 atom stereocenters. The van der Waals surface area contributed by atoms with E-state index < -0.39 is 0 Å². The molecule has 3 heterocycles. The summed E-state index contributed by atoms with van der Waals surface area (Å²) in [7, 11) is 0. The van der Waals surface area contributed by atoms with Crippen molar-refractivity contribution >= 4 is 46.5 Å². The fourth-order valence-corrected chi connectivity index (χ4v) is 4.35. The molecule has 0 bridgehead atoms. The topological polar surface area (TPSA) is 123 Å². The Morgan fingerprint density at radius 1 is 1.06 bits per heavy atom. The van der Waals surface area contributed by atoms with Gasteiger partial charge in [-0.3, -0.25) is 14.9 Å². The molecule has 5 aromatic rings. The van der Waals surface area contributed by atoms with Gasteiger partial charge in [0, 0.05) is 21.4 Å². The van der Waals surface area contributed by atoms with Crippen LogP contribution in [0.25, 0.3) is 23.1 Å². The molecule has 0 fully saturated rings. The minimum atomic E-state index is -0.337. The summed E-state index contributed by atoms with van der Waals surface area (Å²) >= 11 is 1.47. The zero-order valence-corrected chi connectivity index (χ0v) is 18.5. The second kappa shape index (κ2) is 9.44. The number of benzene rings is 2. The molecule has 0 aliphatic carbocycles. The van der Waals surface area contributed by atoms with Crippen LogP contribution in [0.5, 0.6) is 0 Å². The zero-order chi connectivity index (χ0) is 23.3. The van der Waals surface area contributed by atoms with Crippen LogP contribution in [0, 0.1) is 11.3 Å². The smallest absolute Gasteiger partial charge is 0.258 e. The SMILES string of the molecule is N#Cc1[nH]cnc1NC(=O)c1ccccc1Sc1ccc2c(/C=C/c3ccccn3)n[nH]c2c1. The Bertz CT molecular complexity index is 1550. The number of hydrogen-bond donors (Lipinski definition) is 3. The van der Waals surface area contributed by atoms with Gasteiger partial charge in [-0.05, 0) is 54.6 Å². The van der Waals surface area contributed by atoms with E-state index in [2.05, 4.69) is 30.5 Å². The van der Waals surface area contributed by atoms with E-state index in [4.69, 9.17) is 5.26 Å². The lowest BCUT2D eigenvalue weighted by Crippen LogP contribution is -2.14. The number of hydrogen-bond acceptors (Lipinski definition) is 6. The van der Waals surface area contributed by atoms with Crippen molar-refractivity contribution in [3.05, 3.63) is 95.8 Å². The van der Waals surface area contributed by atoms with Crippen molar-refractivity contribution in [3.63, 3.8) is 0 Å². The standard InChI is InChI=1S/C25H17N7OS/c26-14-22-24(29-15-28-22)30-25(33)19-6-1-2-7-23(19)34-17-9-10-18-20(31-32-21(18)13-17)11-8-16-5-3-4-12-27-16/h1-13,15H,(H,28,29)(H,30,33)(H,31,32)/b11-8+. The first-order valence-corrected chi connectivity index (χ1v) is 11.1. The second-order valence-electron chi connectivity index (χ2n) is 7.19. The summed E-state index contributed by atoms with van der Waals surface area (Å²) in [5.74, 6) is -0.131.